The predicted octanol–water partition coefficient (Wildman–Crippen LogP) is 2.99. The Bertz CT molecular complexity index is 427. The zero-order chi connectivity index (χ0) is 15.2. The first-order chi connectivity index (χ1) is 10.0. The van der Waals surface area contributed by atoms with E-state index in [2.05, 4.69) is 50.3 Å². The molecule has 1 aromatic rings. The van der Waals surface area contributed by atoms with E-state index in [-0.39, 0.29) is 0 Å². The molecule has 118 valence electrons. The summed E-state index contributed by atoms with van der Waals surface area (Å²) < 4.78 is 11.6. The molecule has 1 heterocycles. The fourth-order valence-corrected chi connectivity index (χ4v) is 2.78. The maximum atomic E-state index is 5.78. The summed E-state index contributed by atoms with van der Waals surface area (Å²) >= 11 is 0. The fourth-order valence-electron chi connectivity index (χ4n) is 2.78. The number of nitrogens with zero attached hydrogens (tertiary/aromatic N) is 1. The smallest absolute Gasteiger partial charge is 0.121 e. The zero-order valence-electron chi connectivity index (χ0n) is 13.6. The van der Waals surface area contributed by atoms with Crippen LogP contribution in [0.4, 0.5) is 5.69 Å². The van der Waals surface area contributed by atoms with Gasteiger partial charge in [0.15, 0.2) is 0 Å². The molecule has 0 saturated carbocycles. The third-order valence-corrected chi connectivity index (χ3v) is 3.71. The Morgan fingerprint density at radius 1 is 1.24 bits per heavy atom. The van der Waals surface area contributed by atoms with Crippen LogP contribution in [0.2, 0.25) is 0 Å². The van der Waals surface area contributed by atoms with Crippen LogP contribution < -0.4 is 10.1 Å². The maximum Gasteiger partial charge on any atom is 0.121 e. The van der Waals surface area contributed by atoms with Gasteiger partial charge in [-0.1, -0.05) is 6.07 Å². The molecule has 0 amide bonds. The van der Waals surface area contributed by atoms with Crippen LogP contribution in [0, 0.1) is 0 Å². The molecule has 1 saturated heterocycles. The molecule has 4 nitrogen and oxygen atoms in total. The van der Waals surface area contributed by atoms with E-state index < -0.39 is 0 Å². The lowest BCUT2D eigenvalue weighted by Gasteiger charge is -2.33. The highest BCUT2D eigenvalue weighted by Crippen LogP contribution is 2.24. The van der Waals surface area contributed by atoms with E-state index in [9.17, 15) is 0 Å². The van der Waals surface area contributed by atoms with Crippen LogP contribution in [-0.4, -0.2) is 50.4 Å². The van der Waals surface area contributed by atoms with Crippen molar-refractivity contribution in [3.05, 3.63) is 24.3 Å². The van der Waals surface area contributed by atoms with Gasteiger partial charge in [-0.05, 0) is 52.9 Å². The lowest BCUT2D eigenvalue weighted by molar-refractivity contribution is -0.0337. The van der Waals surface area contributed by atoms with Crippen molar-refractivity contribution >= 4 is 5.69 Å². The predicted molar refractivity (Wildman–Crippen MR) is 87.1 cm³/mol. The van der Waals surface area contributed by atoms with Crippen molar-refractivity contribution in [2.75, 3.05) is 32.6 Å². The first-order valence-electron chi connectivity index (χ1n) is 7.82. The maximum absolute atomic E-state index is 5.78. The van der Waals surface area contributed by atoms with Crippen molar-refractivity contribution in [3.63, 3.8) is 0 Å². The standard InChI is InChI=1S/C17H28N2O2/c1-13-10-16(11-14(2)21-13)18-15-6-5-7-17(12-15)20-9-8-19(3)4/h5-7,12-14,16,18H,8-11H2,1-4H3. The van der Waals surface area contributed by atoms with Crippen molar-refractivity contribution in [2.45, 2.75) is 44.9 Å². The van der Waals surface area contributed by atoms with Crippen LogP contribution in [0.25, 0.3) is 0 Å². The van der Waals surface area contributed by atoms with Gasteiger partial charge in [0.05, 0.1) is 12.2 Å². The van der Waals surface area contributed by atoms with Gasteiger partial charge in [0.2, 0.25) is 0 Å². The summed E-state index contributed by atoms with van der Waals surface area (Å²) in [5, 5.41) is 3.61. The lowest BCUT2D eigenvalue weighted by Crippen LogP contribution is -2.36. The van der Waals surface area contributed by atoms with E-state index in [1.165, 1.54) is 0 Å². The minimum absolute atomic E-state index is 0.325. The number of benzene rings is 1. The first kappa shape index (κ1) is 16.1. The summed E-state index contributed by atoms with van der Waals surface area (Å²) in [4.78, 5) is 2.12. The number of anilines is 1. The van der Waals surface area contributed by atoms with Crippen LogP contribution in [0.3, 0.4) is 0 Å². The normalized spacial score (nSPS) is 25.9. The van der Waals surface area contributed by atoms with Gasteiger partial charge in [0, 0.05) is 24.3 Å². The molecule has 2 unspecified atom stereocenters. The second kappa shape index (κ2) is 7.66. The number of nitrogens with one attached hydrogen (secondary N) is 1. The molecular formula is C17H28N2O2. The molecule has 21 heavy (non-hydrogen) atoms. The minimum atomic E-state index is 0.325. The van der Waals surface area contributed by atoms with Gasteiger partial charge in [0.1, 0.15) is 12.4 Å². The summed E-state index contributed by atoms with van der Waals surface area (Å²) in [7, 11) is 4.10. The van der Waals surface area contributed by atoms with E-state index in [1.807, 2.05) is 12.1 Å². The topological polar surface area (TPSA) is 33.7 Å². The Labute approximate surface area is 128 Å². The van der Waals surface area contributed by atoms with Crippen LogP contribution in [0.15, 0.2) is 24.3 Å². The second-order valence-corrected chi connectivity index (χ2v) is 6.25. The molecule has 1 N–H and O–H groups in total. The Kier molecular flexibility index (Phi) is 5.88. The zero-order valence-corrected chi connectivity index (χ0v) is 13.6. The van der Waals surface area contributed by atoms with Crippen LogP contribution >= 0.6 is 0 Å². The molecule has 2 atom stereocenters. The van der Waals surface area contributed by atoms with Crippen LogP contribution in [-0.2, 0) is 4.74 Å². The summed E-state index contributed by atoms with van der Waals surface area (Å²) in [6, 6.07) is 8.71. The Morgan fingerprint density at radius 2 is 1.95 bits per heavy atom. The number of rotatable bonds is 6. The summed E-state index contributed by atoms with van der Waals surface area (Å²) in [5.74, 6) is 0.926. The molecule has 0 aliphatic carbocycles. The average Bonchev–Trinajstić information content (AvgIpc) is 2.37. The molecule has 0 aromatic heterocycles. The quantitative estimate of drug-likeness (QED) is 0.874. The molecule has 1 aromatic carbocycles. The highest BCUT2D eigenvalue weighted by Gasteiger charge is 2.24. The molecule has 4 heteroatoms. The average molecular weight is 292 g/mol. The Hall–Kier alpha value is -1.26. The largest absolute Gasteiger partial charge is 0.492 e. The van der Waals surface area contributed by atoms with E-state index >= 15 is 0 Å². The van der Waals surface area contributed by atoms with Crippen molar-refractivity contribution in [3.8, 4) is 5.75 Å². The molecule has 2 rings (SSSR count). The van der Waals surface area contributed by atoms with Gasteiger partial charge < -0.3 is 19.7 Å². The van der Waals surface area contributed by atoms with Crippen LogP contribution in [0.1, 0.15) is 26.7 Å². The molecular weight excluding hydrogens is 264 g/mol. The molecule has 1 fully saturated rings. The number of hydrogen-bond acceptors (Lipinski definition) is 4. The highest BCUT2D eigenvalue weighted by molar-refractivity contribution is 5.49. The van der Waals surface area contributed by atoms with Gasteiger partial charge in [-0.3, -0.25) is 0 Å². The van der Waals surface area contributed by atoms with E-state index in [0.717, 1.165) is 30.8 Å². The number of hydrogen-bond donors (Lipinski definition) is 1. The Morgan fingerprint density at radius 3 is 2.62 bits per heavy atom. The van der Waals surface area contributed by atoms with Gasteiger partial charge in [-0.15, -0.1) is 0 Å². The van der Waals surface area contributed by atoms with E-state index in [0.29, 0.717) is 24.9 Å². The molecule has 1 aliphatic rings. The summed E-state index contributed by atoms with van der Waals surface area (Å²) in [6.07, 6.45) is 2.75. The first-order valence-corrected chi connectivity index (χ1v) is 7.82. The summed E-state index contributed by atoms with van der Waals surface area (Å²) in [5.41, 5.74) is 1.13. The fraction of sp³-hybridized carbons (Fsp3) is 0.647. The van der Waals surface area contributed by atoms with Gasteiger partial charge in [0.25, 0.3) is 0 Å². The van der Waals surface area contributed by atoms with Crippen molar-refractivity contribution in [2.24, 2.45) is 0 Å². The van der Waals surface area contributed by atoms with E-state index in [4.69, 9.17) is 9.47 Å². The molecule has 0 radical (unpaired) electrons. The second-order valence-electron chi connectivity index (χ2n) is 6.25. The highest BCUT2D eigenvalue weighted by atomic mass is 16.5. The molecule has 1 aliphatic heterocycles. The molecule has 0 bridgehead atoms. The number of likely N-dealkylation sites (N-methyl/N-ethyl adjacent to an activating group) is 1. The molecule has 0 spiro atoms. The van der Waals surface area contributed by atoms with Crippen molar-refractivity contribution < 1.29 is 9.47 Å². The van der Waals surface area contributed by atoms with Gasteiger partial charge >= 0.3 is 0 Å². The van der Waals surface area contributed by atoms with Crippen molar-refractivity contribution in [1.29, 1.82) is 0 Å². The van der Waals surface area contributed by atoms with E-state index in [1.54, 1.807) is 0 Å². The minimum Gasteiger partial charge on any atom is -0.492 e. The third kappa shape index (κ3) is 5.56. The monoisotopic (exact) mass is 292 g/mol. The summed E-state index contributed by atoms with van der Waals surface area (Å²) in [6.45, 7) is 5.92. The Balaban J connectivity index is 1.88. The number of ether oxygens (including phenoxy) is 2. The lowest BCUT2D eigenvalue weighted by atomic mass is 9.99. The van der Waals surface area contributed by atoms with Crippen molar-refractivity contribution in [1.82, 2.24) is 4.90 Å². The SMILES string of the molecule is CC1CC(Nc2cccc(OCCN(C)C)c2)CC(C)O1. The van der Waals surface area contributed by atoms with Gasteiger partial charge in [-0.2, -0.15) is 0 Å². The third-order valence-electron chi connectivity index (χ3n) is 3.71. The van der Waals surface area contributed by atoms with Gasteiger partial charge in [-0.25, -0.2) is 0 Å². The van der Waals surface area contributed by atoms with Crippen LogP contribution in [0.5, 0.6) is 5.75 Å².